The molecule has 112 valence electrons. The molecule has 1 saturated heterocycles. The van der Waals surface area contributed by atoms with Crippen molar-refractivity contribution in [3.8, 4) is 0 Å². The monoisotopic (exact) mass is 316 g/mol. The van der Waals surface area contributed by atoms with Crippen LogP contribution in [-0.2, 0) is 16.6 Å². The summed E-state index contributed by atoms with van der Waals surface area (Å²) in [4.78, 5) is 0. The molecule has 1 fully saturated rings. The van der Waals surface area contributed by atoms with Crippen LogP contribution in [0.4, 0.5) is 0 Å². The largest absolute Gasteiger partial charge is 0.300 e. The summed E-state index contributed by atoms with van der Waals surface area (Å²) in [5.41, 5.74) is 0. The molecule has 1 N–H and O–H groups in total. The predicted octanol–water partition coefficient (Wildman–Crippen LogP) is 1.66. The highest BCUT2D eigenvalue weighted by Gasteiger charge is 2.30. The molecule has 0 bridgehead atoms. The van der Waals surface area contributed by atoms with Crippen molar-refractivity contribution in [2.45, 2.75) is 32.2 Å². The van der Waals surface area contributed by atoms with Crippen LogP contribution in [0.2, 0.25) is 0 Å². The number of nitrogens with zero attached hydrogens (tertiary/aromatic N) is 3. The fourth-order valence-electron chi connectivity index (χ4n) is 2.54. The Morgan fingerprint density at radius 3 is 3.00 bits per heavy atom. The molecule has 1 aromatic rings. The topological polar surface area (TPSA) is 71.0 Å². The third-order valence-corrected chi connectivity index (χ3v) is 5.77. The fraction of sp³-hybridized carbons (Fsp3) is 0.667. The Balaban J connectivity index is 2.26. The number of hydrogen-bond acceptors (Lipinski definition) is 4. The lowest BCUT2D eigenvalue weighted by Gasteiger charge is -2.31. The third kappa shape index (κ3) is 3.02. The number of aromatic nitrogens is 3. The Hall–Kier alpha value is -0.990. The van der Waals surface area contributed by atoms with Crippen molar-refractivity contribution in [2.75, 3.05) is 18.8 Å². The van der Waals surface area contributed by atoms with Crippen molar-refractivity contribution >= 4 is 22.2 Å². The van der Waals surface area contributed by atoms with E-state index in [9.17, 15) is 8.42 Å². The van der Waals surface area contributed by atoms with Crippen molar-refractivity contribution in [3.63, 3.8) is 0 Å². The second kappa shape index (κ2) is 6.19. The molecule has 1 atom stereocenters. The molecular weight excluding hydrogens is 296 g/mol. The maximum atomic E-state index is 12.0. The van der Waals surface area contributed by atoms with Gasteiger partial charge in [0, 0.05) is 25.6 Å². The molecule has 0 aromatic carbocycles. The van der Waals surface area contributed by atoms with Gasteiger partial charge in [0.1, 0.15) is 5.82 Å². The van der Waals surface area contributed by atoms with Gasteiger partial charge in [0.25, 0.3) is 0 Å². The first kappa shape index (κ1) is 15.4. The number of hydrogen-bond donors (Lipinski definition) is 1. The molecule has 0 radical (unpaired) electrons. The van der Waals surface area contributed by atoms with E-state index in [2.05, 4.69) is 16.8 Å². The predicted molar refractivity (Wildman–Crippen MR) is 80.6 cm³/mol. The highest BCUT2D eigenvalue weighted by Crippen LogP contribution is 2.27. The minimum atomic E-state index is -3.14. The Morgan fingerprint density at radius 1 is 1.60 bits per heavy atom. The summed E-state index contributed by atoms with van der Waals surface area (Å²) in [6.45, 7) is 7.05. The van der Waals surface area contributed by atoms with Crippen LogP contribution in [0, 0.1) is 4.77 Å². The van der Waals surface area contributed by atoms with E-state index in [1.807, 2.05) is 4.57 Å². The van der Waals surface area contributed by atoms with Crippen LogP contribution in [0.25, 0.3) is 0 Å². The maximum absolute atomic E-state index is 12.0. The van der Waals surface area contributed by atoms with Crippen LogP contribution < -0.4 is 0 Å². The normalized spacial score (nSPS) is 20.9. The zero-order chi connectivity index (χ0) is 14.8. The van der Waals surface area contributed by atoms with E-state index >= 15 is 0 Å². The highest BCUT2D eigenvalue weighted by atomic mass is 32.2. The van der Waals surface area contributed by atoms with Crippen LogP contribution in [0.15, 0.2) is 12.7 Å². The first-order valence-corrected chi connectivity index (χ1v) is 8.75. The van der Waals surface area contributed by atoms with Gasteiger partial charge >= 0.3 is 0 Å². The fourth-order valence-corrected chi connectivity index (χ4v) is 3.93. The molecule has 1 unspecified atom stereocenters. The van der Waals surface area contributed by atoms with Gasteiger partial charge in [-0.3, -0.25) is 5.10 Å². The lowest BCUT2D eigenvalue weighted by Crippen LogP contribution is -2.40. The molecule has 0 spiro atoms. The molecule has 1 aliphatic heterocycles. The van der Waals surface area contributed by atoms with Crippen molar-refractivity contribution in [2.24, 2.45) is 0 Å². The Kier molecular flexibility index (Phi) is 4.77. The smallest absolute Gasteiger partial charge is 0.213 e. The molecule has 1 aliphatic rings. The highest BCUT2D eigenvalue weighted by molar-refractivity contribution is 7.89. The minimum Gasteiger partial charge on any atom is -0.300 e. The van der Waals surface area contributed by atoms with Crippen molar-refractivity contribution in [1.82, 2.24) is 19.1 Å². The molecule has 6 nitrogen and oxygen atoms in total. The number of nitrogens with one attached hydrogen (secondary N) is 1. The summed E-state index contributed by atoms with van der Waals surface area (Å²) in [5.74, 6) is 1.04. The molecule has 8 heteroatoms. The van der Waals surface area contributed by atoms with Gasteiger partial charge in [-0.2, -0.15) is 5.10 Å². The molecule has 0 aliphatic carbocycles. The summed E-state index contributed by atoms with van der Waals surface area (Å²) in [7, 11) is -3.14. The first-order chi connectivity index (χ1) is 9.49. The lowest BCUT2D eigenvalue weighted by molar-refractivity contribution is 0.305. The SMILES string of the molecule is C=CCn1c(C2CCCN(S(=O)(=O)CC)C2)n[nH]c1=S. The Morgan fingerprint density at radius 2 is 2.35 bits per heavy atom. The molecule has 2 rings (SSSR count). The zero-order valence-electron chi connectivity index (χ0n) is 11.6. The quantitative estimate of drug-likeness (QED) is 0.662. The average molecular weight is 316 g/mol. The number of sulfonamides is 1. The number of piperidine rings is 1. The van der Waals surface area contributed by atoms with Crippen molar-refractivity contribution in [3.05, 3.63) is 23.3 Å². The lowest BCUT2D eigenvalue weighted by atomic mass is 9.99. The molecule has 20 heavy (non-hydrogen) atoms. The van der Waals surface area contributed by atoms with E-state index in [1.165, 1.54) is 0 Å². The van der Waals surface area contributed by atoms with Crippen LogP contribution in [-0.4, -0.2) is 46.3 Å². The molecule has 2 heterocycles. The molecule has 1 aromatic heterocycles. The molecule has 0 amide bonds. The van der Waals surface area contributed by atoms with Gasteiger partial charge < -0.3 is 4.57 Å². The van der Waals surface area contributed by atoms with Gasteiger partial charge in [-0.05, 0) is 32.0 Å². The summed E-state index contributed by atoms with van der Waals surface area (Å²) in [6, 6.07) is 0. The van der Waals surface area contributed by atoms with Gasteiger partial charge in [0.15, 0.2) is 4.77 Å². The summed E-state index contributed by atoms with van der Waals surface area (Å²) < 4.78 is 28.0. The number of allylic oxidation sites excluding steroid dienone is 1. The van der Waals surface area contributed by atoms with E-state index in [0.29, 0.717) is 24.4 Å². The summed E-state index contributed by atoms with van der Waals surface area (Å²) >= 11 is 5.20. The van der Waals surface area contributed by atoms with Crippen LogP contribution in [0.5, 0.6) is 0 Å². The number of rotatable bonds is 5. The van der Waals surface area contributed by atoms with E-state index in [4.69, 9.17) is 12.2 Å². The standard InChI is InChI=1S/C12H20N4O2S2/c1-3-7-16-11(13-14-12(16)19)10-6-5-8-15(9-10)20(17,18)4-2/h3,10H,1,4-9H2,2H3,(H,14,19). The minimum absolute atomic E-state index is 0.0815. The Bertz CT molecular complexity index is 632. The van der Waals surface area contributed by atoms with E-state index in [1.54, 1.807) is 17.3 Å². The second-order valence-electron chi connectivity index (χ2n) is 4.88. The number of H-pyrrole nitrogens is 1. The van der Waals surface area contributed by atoms with E-state index in [-0.39, 0.29) is 11.7 Å². The van der Waals surface area contributed by atoms with Gasteiger partial charge in [-0.25, -0.2) is 12.7 Å². The van der Waals surface area contributed by atoms with Crippen LogP contribution in [0.3, 0.4) is 0 Å². The van der Waals surface area contributed by atoms with Gasteiger partial charge in [0.2, 0.25) is 10.0 Å². The third-order valence-electron chi connectivity index (χ3n) is 3.61. The maximum Gasteiger partial charge on any atom is 0.213 e. The Labute approximate surface area is 124 Å². The van der Waals surface area contributed by atoms with Gasteiger partial charge in [-0.1, -0.05) is 6.08 Å². The second-order valence-corrected chi connectivity index (χ2v) is 7.53. The summed E-state index contributed by atoms with van der Waals surface area (Å²) in [5, 5.41) is 7.06. The van der Waals surface area contributed by atoms with Crippen LogP contribution in [0.1, 0.15) is 31.5 Å². The van der Waals surface area contributed by atoms with Gasteiger partial charge in [0.05, 0.1) is 5.75 Å². The van der Waals surface area contributed by atoms with Crippen LogP contribution >= 0.6 is 12.2 Å². The molecular formula is C12H20N4O2S2. The molecule has 0 saturated carbocycles. The summed E-state index contributed by atoms with van der Waals surface area (Å²) in [6.07, 6.45) is 3.53. The first-order valence-electron chi connectivity index (χ1n) is 6.73. The van der Waals surface area contributed by atoms with Crippen molar-refractivity contribution in [1.29, 1.82) is 0 Å². The number of aromatic amines is 1. The van der Waals surface area contributed by atoms with Crippen molar-refractivity contribution < 1.29 is 8.42 Å². The van der Waals surface area contributed by atoms with E-state index in [0.717, 1.165) is 18.7 Å². The zero-order valence-corrected chi connectivity index (χ0v) is 13.2. The van der Waals surface area contributed by atoms with E-state index < -0.39 is 10.0 Å². The van der Waals surface area contributed by atoms with Gasteiger partial charge in [-0.15, -0.1) is 6.58 Å². The average Bonchev–Trinajstić information content (AvgIpc) is 2.81.